The van der Waals surface area contributed by atoms with Crippen molar-refractivity contribution in [2.75, 3.05) is 19.2 Å². The second kappa shape index (κ2) is 8.36. The van der Waals surface area contributed by atoms with Gasteiger partial charge in [0.05, 0.1) is 41.7 Å². The Bertz CT molecular complexity index is 1050. The van der Waals surface area contributed by atoms with E-state index in [-0.39, 0.29) is 6.04 Å². The number of rotatable bonds is 5. The first kappa shape index (κ1) is 19.6. The number of halogens is 2. The van der Waals surface area contributed by atoms with E-state index in [9.17, 15) is 0 Å². The number of para-hydroxylation sites is 1. The van der Waals surface area contributed by atoms with Gasteiger partial charge >= 0.3 is 0 Å². The van der Waals surface area contributed by atoms with Crippen molar-refractivity contribution in [3.05, 3.63) is 87.9 Å². The minimum atomic E-state index is 0.0154. The lowest BCUT2D eigenvalue weighted by atomic mass is 9.97. The first-order valence-electron chi connectivity index (χ1n) is 9.20. The SMILES string of the molecule is COc1ccc(C2CC(c3ccc(Cl)c(Cl)c3)=NN2c2ccccc2)cc1OC. The van der Waals surface area contributed by atoms with E-state index in [2.05, 4.69) is 18.2 Å². The first-order valence-corrected chi connectivity index (χ1v) is 9.95. The molecule has 0 aliphatic carbocycles. The molecule has 3 aromatic carbocycles. The summed E-state index contributed by atoms with van der Waals surface area (Å²) in [6, 6.07) is 21.7. The summed E-state index contributed by atoms with van der Waals surface area (Å²) in [6.07, 6.45) is 0.725. The summed E-state index contributed by atoms with van der Waals surface area (Å²) in [4.78, 5) is 0. The number of anilines is 1. The maximum absolute atomic E-state index is 6.24. The van der Waals surface area contributed by atoms with E-state index in [1.54, 1.807) is 20.3 Å². The zero-order valence-corrected chi connectivity index (χ0v) is 17.6. The lowest BCUT2D eigenvalue weighted by Crippen LogP contribution is -2.18. The third kappa shape index (κ3) is 3.91. The first-order chi connectivity index (χ1) is 14.1. The van der Waals surface area contributed by atoms with Crippen LogP contribution in [0.3, 0.4) is 0 Å². The van der Waals surface area contributed by atoms with Gasteiger partial charge in [-0.15, -0.1) is 0 Å². The number of hydrazone groups is 1. The monoisotopic (exact) mass is 426 g/mol. The molecule has 4 rings (SSSR count). The van der Waals surface area contributed by atoms with Gasteiger partial charge in [0.2, 0.25) is 0 Å². The van der Waals surface area contributed by atoms with Crippen LogP contribution in [-0.4, -0.2) is 19.9 Å². The second-order valence-corrected chi connectivity index (χ2v) is 7.50. The van der Waals surface area contributed by atoms with E-state index in [1.165, 1.54) is 0 Å². The number of nitrogens with zero attached hydrogens (tertiary/aromatic N) is 2. The molecule has 0 saturated heterocycles. The van der Waals surface area contributed by atoms with Crippen molar-refractivity contribution in [1.82, 2.24) is 0 Å². The number of hydrogen-bond acceptors (Lipinski definition) is 4. The summed E-state index contributed by atoms with van der Waals surface area (Å²) >= 11 is 12.3. The number of methoxy groups -OCH3 is 2. The van der Waals surface area contributed by atoms with Gasteiger partial charge < -0.3 is 9.47 Å². The molecule has 0 saturated carbocycles. The second-order valence-electron chi connectivity index (χ2n) is 6.69. The Morgan fingerprint density at radius 3 is 2.31 bits per heavy atom. The van der Waals surface area contributed by atoms with Crippen LogP contribution in [0.4, 0.5) is 5.69 Å². The predicted molar refractivity (Wildman–Crippen MR) is 119 cm³/mol. The van der Waals surface area contributed by atoms with Crippen molar-refractivity contribution in [2.24, 2.45) is 5.10 Å². The molecule has 1 aliphatic rings. The summed E-state index contributed by atoms with van der Waals surface area (Å²) in [5.41, 5.74) is 4.02. The molecule has 0 fully saturated rings. The predicted octanol–water partition coefficient (Wildman–Crippen LogP) is 6.37. The molecule has 0 N–H and O–H groups in total. The Morgan fingerprint density at radius 1 is 0.862 bits per heavy atom. The highest BCUT2D eigenvalue weighted by atomic mass is 35.5. The number of hydrogen-bond donors (Lipinski definition) is 0. The number of ether oxygens (including phenoxy) is 2. The normalized spacial score (nSPS) is 15.9. The molecule has 0 aromatic heterocycles. The summed E-state index contributed by atoms with van der Waals surface area (Å²) in [6.45, 7) is 0. The molecule has 1 unspecified atom stereocenters. The minimum Gasteiger partial charge on any atom is -0.493 e. The van der Waals surface area contributed by atoms with Crippen molar-refractivity contribution in [1.29, 1.82) is 0 Å². The van der Waals surface area contributed by atoms with E-state index in [1.807, 2.05) is 47.5 Å². The van der Waals surface area contributed by atoms with Crippen LogP contribution >= 0.6 is 23.2 Å². The fourth-order valence-electron chi connectivity index (χ4n) is 3.50. The van der Waals surface area contributed by atoms with Gasteiger partial charge in [-0.05, 0) is 47.5 Å². The van der Waals surface area contributed by atoms with E-state index in [4.69, 9.17) is 37.8 Å². The van der Waals surface area contributed by atoms with E-state index >= 15 is 0 Å². The Hall–Kier alpha value is -2.69. The van der Waals surface area contributed by atoms with E-state index < -0.39 is 0 Å². The topological polar surface area (TPSA) is 34.1 Å². The minimum absolute atomic E-state index is 0.0154. The lowest BCUT2D eigenvalue weighted by Gasteiger charge is -2.24. The molecule has 1 heterocycles. The molecule has 4 nitrogen and oxygen atoms in total. The zero-order chi connectivity index (χ0) is 20.4. The van der Waals surface area contributed by atoms with Crippen LogP contribution in [0.25, 0.3) is 0 Å². The van der Waals surface area contributed by atoms with Gasteiger partial charge in [0.25, 0.3) is 0 Å². The van der Waals surface area contributed by atoms with Crippen LogP contribution in [-0.2, 0) is 0 Å². The molecule has 1 atom stereocenters. The average molecular weight is 427 g/mol. The molecular formula is C23H20Cl2N2O2. The van der Waals surface area contributed by atoms with Crippen LogP contribution in [0.15, 0.2) is 71.8 Å². The zero-order valence-electron chi connectivity index (χ0n) is 16.1. The van der Waals surface area contributed by atoms with Crippen LogP contribution < -0.4 is 14.5 Å². The summed E-state index contributed by atoms with van der Waals surface area (Å²) < 4.78 is 10.9. The Kier molecular flexibility index (Phi) is 5.65. The van der Waals surface area contributed by atoms with Crippen molar-refractivity contribution >= 4 is 34.6 Å². The molecule has 0 radical (unpaired) electrons. The van der Waals surface area contributed by atoms with E-state index in [0.29, 0.717) is 21.5 Å². The maximum atomic E-state index is 6.24. The number of benzene rings is 3. The molecular weight excluding hydrogens is 407 g/mol. The standard InChI is InChI=1S/C23H20Cl2N2O2/c1-28-22-11-9-16(13-23(22)29-2)21-14-20(15-8-10-18(24)19(25)12-15)26-27(21)17-6-4-3-5-7-17/h3-13,21H,14H2,1-2H3. The van der Waals surface area contributed by atoms with Gasteiger partial charge in [-0.3, -0.25) is 5.01 Å². The van der Waals surface area contributed by atoms with Crippen LogP contribution in [0.5, 0.6) is 11.5 Å². The molecule has 1 aliphatic heterocycles. The van der Waals surface area contributed by atoms with Crippen molar-refractivity contribution in [3.63, 3.8) is 0 Å². The van der Waals surface area contributed by atoms with E-state index in [0.717, 1.165) is 28.9 Å². The highest BCUT2D eigenvalue weighted by Crippen LogP contribution is 2.40. The van der Waals surface area contributed by atoms with Gasteiger partial charge in [0.1, 0.15) is 0 Å². The quantitative estimate of drug-likeness (QED) is 0.475. The highest BCUT2D eigenvalue weighted by molar-refractivity contribution is 6.42. The Morgan fingerprint density at radius 2 is 1.62 bits per heavy atom. The average Bonchev–Trinajstić information content (AvgIpc) is 3.21. The Labute approximate surface area is 180 Å². The lowest BCUT2D eigenvalue weighted by molar-refractivity contribution is 0.354. The van der Waals surface area contributed by atoms with Crippen LogP contribution in [0.2, 0.25) is 10.0 Å². The molecule has 148 valence electrons. The van der Waals surface area contributed by atoms with Gasteiger partial charge in [-0.1, -0.05) is 53.5 Å². The maximum Gasteiger partial charge on any atom is 0.161 e. The Balaban J connectivity index is 1.76. The third-order valence-electron chi connectivity index (χ3n) is 4.98. The molecule has 6 heteroatoms. The highest BCUT2D eigenvalue weighted by Gasteiger charge is 2.30. The fraction of sp³-hybridized carbons (Fsp3) is 0.174. The van der Waals surface area contributed by atoms with Crippen molar-refractivity contribution < 1.29 is 9.47 Å². The fourth-order valence-corrected chi connectivity index (χ4v) is 3.80. The third-order valence-corrected chi connectivity index (χ3v) is 5.72. The molecule has 0 amide bonds. The van der Waals surface area contributed by atoms with Crippen molar-refractivity contribution in [3.8, 4) is 11.5 Å². The summed E-state index contributed by atoms with van der Waals surface area (Å²) in [5, 5.41) is 8.03. The molecule has 0 bridgehead atoms. The van der Waals surface area contributed by atoms with Crippen LogP contribution in [0, 0.1) is 0 Å². The summed E-state index contributed by atoms with van der Waals surface area (Å²) in [7, 11) is 3.28. The van der Waals surface area contributed by atoms with Gasteiger partial charge in [-0.25, -0.2) is 0 Å². The molecule has 0 spiro atoms. The molecule has 3 aromatic rings. The van der Waals surface area contributed by atoms with Gasteiger partial charge in [-0.2, -0.15) is 5.10 Å². The van der Waals surface area contributed by atoms with Gasteiger partial charge in [0, 0.05) is 6.42 Å². The smallest absolute Gasteiger partial charge is 0.161 e. The van der Waals surface area contributed by atoms with Gasteiger partial charge in [0.15, 0.2) is 11.5 Å². The largest absolute Gasteiger partial charge is 0.493 e. The van der Waals surface area contributed by atoms with Crippen LogP contribution in [0.1, 0.15) is 23.6 Å². The summed E-state index contributed by atoms with van der Waals surface area (Å²) in [5.74, 6) is 1.40. The van der Waals surface area contributed by atoms with Crippen molar-refractivity contribution in [2.45, 2.75) is 12.5 Å². The molecule has 29 heavy (non-hydrogen) atoms.